The highest BCUT2D eigenvalue weighted by Gasteiger charge is 2.14. The molecule has 1 N–H and O–H groups in total. The molecule has 0 spiro atoms. The second-order valence-electron chi connectivity index (χ2n) is 6.87. The Hall–Kier alpha value is -3.28. The highest BCUT2D eigenvalue weighted by Crippen LogP contribution is 2.23. The topological polar surface area (TPSA) is 58.1 Å². The Morgan fingerprint density at radius 2 is 1.82 bits per heavy atom. The molecule has 1 aliphatic rings. The summed E-state index contributed by atoms with van der Waals surface area (Å²) in [5, 5.41) is 11.5. The number of halogens is 1. The van der Waals surface area contributed by atoms with Gasteiger partial charge in [-0.25, -0.2) is 4.39 Å². The number of carbonyl (C=O) groups is 1. The standard InChI is InChI=1S/C22H21FN4O/c23-19-9-2-1-6-16(19)15-22(28)24-18-8-5-7-17(14-18)20-10-11-21(26-25-20)27-12-3-4-13-27/h1-2,5-11,14H,3-4,12-13,15H2,(H,24,28). The minimum atomic E-state index is -0.375. The maximum Gasteiger partial charge on any atom is 0.228 e. The van der Waals surface area contributed by atoms with Crippen LogP contribution in [0.15, 0.2) is 60.7 Å². The van der Waals surface area contributed by atoms with Gasteiger partial charge in [-0.05, 0) is 48.7 Å². The van der Waals surface area contributed by atoms with Crippen LogP contribution in [0.5, 0.6) is 0 Å². The van der Waals surface area contributed by atoms with Crippen LogP contribution >= 0.6 is 0 Å². The second-order valence-corrected chi connectivity index (χ2v) is 6.87. The maximum absolute atomic E-state index is 13.7. The third kappa shape index (κ3) is 4.17. The number of benzene rings is 2. The van der Waals surface area contributed by atoms with Crippen LogP contribution < -0.4 is 10.2 Å². The molecular weight excluding hydrogens is 355 g/mol. The number of rotatable bonds is 5. The molecule has 0 atom stereocenters. The van der Waals surface area contributed by atoms with E-state index in [4.69, 9.17) is 0 Å². The molecule has 28 heavy (non-hydrogen) atoms. The van der Waals surface area contributed by atoms with E-state index in [-0.39, 0.29) is 18.1 Å². The molecule has 0 saturated carbocycles. The first-order valence-corrected chi connectivity index (χ1v) is 9.41. The van der Waals surface area contributed by atoms with E-state index in [1.54, 1.807) is 24.3 Å². The number of nitrogens with zero attached hydrogens (tertiary/aromatic N) is 3. The van der Waals surface area contributed by atoms with E-state index in [1.165, 1.54) is 18.9 Å². The van der Waals surface area contributed by atoms with Crippen molar-refractivity contribution in [2.24, 2.45) is 0 Å². The number of anilines is 2. The molecule has 0 unspecified atom stereocenters. The highest BCUT2D eigenvalue weighted by atomic mass is 19.1. The Balaban J connectivity index is 1.45. The lowest BCUT2D eigenvalue weighted by molar-refractivity contribution is -0.115. The molecule has 3 aromatic rings. The monoisotopic (exact) mass is 376 g/mol. The van der Waals surface area contributed by atoms with Crippen LogP contribution in [0, 0.1) is 5.82 Å². The number of aromatic nitrogens is 2. The lowest BCUT2D eigenvalue weighted by Gasteiger charge is -2.15. The molecule has 1 aliphatic heterocycles. The fourth-order valence-electron chi connectivity index (χ4n) is 3.37. The zero-order chi connectivity index (χ0) is 19.3. The molecule has 0 aliphatic carbocycles. The van der Waals surface area contributed by atoms with Gasteiger partial charge in [-0.15, -0.1) is 10.2 Å². The first kappa shape index (κ1) is 18.1. The molecule has 0 bridgehead atoms. The molecule has 2 heterocycles. The lowest BCUT2D eigenvalue weighted by atomic mass is 10.1. The van der Waals surface area contributed by atoms with E-state index in [0.29, 0.717) is 11.3 Å². The van der Waals surface area contributed by atoms with E-state index in [9.17, 15) is 9.18 Å². The summed E-state index contributed by atoms with van der Waals surface area (Å²) in [5.74, 6) is 0.257. The van der Waals surface area contributed by atoms with E-state index in [0.717, 1.165) is 30.2 Å². The Kier molecular flexibility index (Phi) is 5.28. The van der Waals surface area contributed by atoms with Crippen molar-refractivity contribution in [2.45, 2.75) is 19.3 Å². The van der Waals surface area contributed by atoms with Crippen molar-refractivity contribution in [3.63, 3.8) is 0 Å². The fraction of sp³-hybridized carbons (Fsp3) is 0.227. The summed E-state index contributed by atoms with van der Waals surface area (Å²) < 4.78 is 13.7. The average Bonchev–Trinajstić information content (AvgIpc) is 3.25. The van der Waals surface area contributed by atoms with Crippen LogP contribution in [0.4, 0.5) is 15.9 Å². The van der Waals surface area contributed by atoms with Crippen molar-refractivity contribution in [3.05, 3.63) is 72.0 Å². The van der Waals surface area contributed by atoms with Crippen molar-refractivity contribution in [3.8, 4) is 11.3 Å². The Labute approximate surface area is 163 Å². The summed E-state index contributed by atoms with van der Waals surface area (Å²) in [5.41, 5.74) is 2.63. The predicted molar refractivity (Wildman–Crippen MR) is 108 cm³/mol. The number of carbonyl (C=O) groups excluding carboxylic acids is 1. The van der Waals surface area contributed by atoms with Gasteiger partial charge in [0.05, 0.1) is 12.1 Å². The van der Waals surface area contributed by atoms with Gasteiger partial charge in [0.15, 0.2) is 5.82 Å². The summed E-state index contributed by atoms with van der Waals surface area (Å²) in [7, 11) is 0. The molecule has 1 aromatic heterocycles. The quantitative estimate of drug-likeness (QED) is 0.729. The molecule has 2 aromatic carbocycles. The zero-order valence-electron chi connectivity index (χ0n) is 15.4. The molecule has 5 nitrogen and oxygen atoms in total. The van der Waals surface area contributed by atoms with E-state index in [1.807, 2.05) is 30.3 Å². The number of amides is 1. The van der Waals surface area contributed by atoms with Crippen LogP contribution in [0.2, 0.25) is 0 Å². The summed E-state index contributed by atoms with van der Waals surface area (Å²) in [6.07, 6.45) is 2.37. The van der Waals surface area contributed by atoms with Gasteiger partial charge < -0.3 is 10.2 Å². The number of hydrogen-bond acceptors (Lipinski definition) is 4. The zero-order valence-corrected chi connectivity index (χ0v) is 15.4. The van der Waals surface area contributed by atoms with E-state index in [2.05, 4.69) is 20.4 Å². The minimum Gasteiger partial charge on any atom is -0.355 e. The lowest BCUT2D eigenvalue weighted by Crippen LogP contribution is -2.19. The van der Waals surface area contributed by atoms with Crippen LogP contribution in [-0.4, -0.2) is 29.2 Å². The first-order valence-electron chi connectivity index (χ1n) is 9.41. The van der Waals surface area contributed by atoms with Gasteiger partial charge in [-0.2, -0.15) is 0 Å². The van der Waals surface area contributed by atoms with Crippen molar-refractivity contribution in [1.29, 1.82) is 0 Å². The highest BCUT2D eigenvalue weighted by molar-refractivity contribution is 5.92. The maximum atomic E-state index is 13.7. The predicted octanol–water partition coefficient (Wildman–Crippen LogP) is 4.06. The summed E-state index contributed by atoms with van der Waals surface area (Å²) in [6.45, 7) is 2.05. The largest absolute Gasteiger partial charge is 0.355 e. The SMILES string of the molecule is O=C(Cc1ccccc1F)Nc1cccc(-c2ccc(N3CCCC3)nn2)c1. The van der Waals surface area contributed by atoms with E-state index >= 15 is 0 Å². The molecular formula is C22H21FN4O. The van der Waals surface area contributed by atoms with Crippen LogP contribution in [0.25, 0.3) is 11.3 Å². The number of hydrogen-bond donors (Lipinski definition) is 1. The van der Waals surface area contributed by atoms with Gasteiger partial charge >= 0.3 is 0 Å². The van der Waals surface area contributed by atoms with Crippen molar-refractivity contribution >= 4 is 17.4 Å². The molecule has 142 valence electrons. The van der Waals surface area contributed by atoms with Gasteiger partial charge in [0.25, 0.3) is 0 Å². The van der Waals surface area contributed by atoms with Crippen molar-refractivity contribution < 1.29 is 9.18 Å². The van der Waals surface area contributed by atoms with E-state index < -0.39 is 0 Å². The van der Waals surface area contributed by atoms with Crippen LogP contribution in [-0.2, 0) is 11.2 Å². The third-order valence-corrected chi connectivity index (χ3v) is 4.83. The first-order chi connectivity index (χ1) is 13.7. The molecule has 1 fully saturated rings. The van der Waals surface area contributed by atoms with Gasteiger partial charge in [-0.3, -0.25) is 4.79 Å². The normalized spacial score (nSPS) is 13.5. The summed E-state index contributed by atoms with van der Waals surface area (Å²) >= 11 is 0. The van der Waals surface area contributed by atoms with Crippen molar-refractivity contribution in [2.75, 3.05) is 23.3 Å². The second kappa shape index (κ2) is 8.17. The molecule has 0 radical (unpaired) electrons. The summed E-state index contributed by atoms with van der Waals surface area (Å²) in [6, 6.07) is 17.6. The fourth-order valence-corrected chi connectivity index (χ4v) is 3.37. The summed E-state index contributed by atoms with van der Waals surface area (Å²) in [4.78, 5) is 14.5. The van der Waals surface area contributed by atoms with Crippen molar-refractivity contribution in [1.82, 2.24) is 10.2 Å². The molecule has 4 rings (SSSR count). The van der Waals surface area contributed by atoms with Crippen LogP contribution in [0.3, 0.4) is 0 Å². The smallest absolute Gasteiger partial charge is 0.228 e. The molecule has 1 amide bonds. The molecule has 1 saturated heterocycles. The van der Waals surface area contributed by atoms with Gasteiger partial charge in [0.1, 0.15) is 5.82 Å². The Morgan fingerprint density at radius 3 is 2.57 bits per heavy atom. The number of nitrogens with one attached hydrogen (secondary N) is 1. The minimum absolute atomic E-state index is 0.0127. The molecule has 6 heteroatoms. The van der Waals surface area contributed by atoms with Gasteiger partial charge in [-0.1, -0.05) is 30.3 Å². The third-order valence-electron chi connectivity index (χ3n) is 4.83. The van der Waals surface area contributed by atoms with Gasteiger partial charge in [0.2, 0.25) is 5.91 Å². The Morgan fingerprint density at radius 1 is 1.00 bits per heavy atom. The van der Waals surface area contributed by atoms with Crippen LogP contribution in [0.1, 0.15) is 18.4 Å². The Bertz CT molecular complexity index is 968. The average molecular weight is 376 g/mol. The van der Waals surface area contributed by atoms with Gasteiger partial charge in [0, 0.05) is 24.3 Å².